The highest BCUT2D eigenvalue weighted by Gasteiger charge is 2.28. The summed E-state index contributed by atoms with van der Waals surface area (Å²) in [4.78, 5) is 15.0. The second-order valence-corrected chi connectivity index (χ2v) is 7.04. The molecule has 138 valence electrons. The van der Waals surface area contributed by atoms with Gasteiger partial charge in [0.2, 0.25) is 0 Å². The van der Waals surface area contributed by atoms with E-state index in [9.17, 15) is 4.79 Å². The lowest BCUT2D eigenvalue weighted by atomic mass is 9.97. The largest absolute Gasteiger partial charge is 0.450 e. The molecule has 0 aliphatic carbocycles. The highest BCUT2D eigenvalue weighted by atomic mass is 35.5. The number of likely N-dealkylation sites (tertiary alicyclic amines) is 1. The second-order valence-electron chi connectivity index (χ2n) is 7.04. The number of furan rings is 1. The van der Waals surface area contributed by atoms with Crippen molar-refractivity contribution in [1.29, 1.82) is 0 Å². The van der Waals surface area contributed by atoms with E-state index in [2.05, 4.69) is 29.6 Å². The van der Waals surface area contributed by atoms with E-state index in [1.54, 1.807) is 0 Å². The van der Waals surface area contributed by atoms with Crippen LogP contribution in [0.5, 0.6) is 0 Å². The maximum Gasteiger partial charge on any atom is 0.289 e. The van der Waals surface area contributed by atoms with Gasteiger partial charge in [0.25, 0.3) is 5.91 Å². The van der Waals surface area contributed by atoms with Crippen molar-refractivity contribution < 1.29 is 9.21 Å². The van der Waals surface area contributed by atoms with E-state index in [0.29, 0.717) is 11.7 Å². The molecule has 1 atom stereocenters. The molecular weight excluding hydrogens is 348 g/mol. The predicted molar refractivity (Wildman–Crippen MR) is 108 cm³/mol. The summed E-state index contributed by atoms with van der Waals surface area (Å²) < 4.78 is 6.12. The molecule has 3 aromatic rings. The number of nitrogens with zero attached hydrogens (tertiary/aromatic N) is 1. The Labute approximate surface area is 159 Å². The molecule has 5 heteroatoms. The van der Waals surface area contributed by atoms with Gasteiger partial charge in [-0.25, -0.2) is 0 Å². The Bertz CT molecular complexity index is 932. The van der Waals surface area contributed by atoms with Gasteiger partial charge in [-0.15, -0.1) is 12.4 Å². The standard InChI is InChI=1S/C21H24N2O2.ClH/c1-14-17-10-9-16-7-3-4-8-18(16)20(17)25-19(14)21(24)23-11-5-6-15(13-23)12-22-2;/h3-4,7-10,15,22H,5-6,11-13H2,1-2H3;1H. The highest BCUT2D eigenvalue weighted by molar-refractivity contribution is 6.08. The molecule has 1 fully saturated rings. The number of piperidine rings is 1. The van der Waals surface area contributed by atoms with Crippen LogP contribution in [0, 0.1) is 12.8 Å². The molecule has 26 heavy (non-hydrogen) atoms. The minimum absolute atomic E-state index is 0. The summed E-state index contributed by atoms with van der Waals surface area (Å²) in [5.74, 6) is 1.04. The first-order valence-corrected chi connectivity index (χ1v) is 9.03. The maximum absolute atomic E-state index is 13.1. The van der Waals surface area contributed by atoms with Crippen LogP contribution in [-0.4, -0.2) is 37.5 Å². The van der Waals surface area contributed by atoms with E-state index in [1.165, 1.54) is 6.42 Å². The molecule has 1 saturated heterocycles. The third-order valence-corrected chi connectivity index (χ3v) is 5.32. The van der Waals surface area contributed by atoms with Gasteiger partial charge < -0.3 is 14.6 Å². The summed E-state index contributed by atoms with van der Waals surface area (Å²) in [6.45, 7) is 4.56. The van der Waals surface area contributed by atoms with E-state index in [0.717, 1.165) is 53.4 Å². The molecule has 0 radical (unpaired) electrons. The Kier molecular flexibility index (Phi) is 5.54. The summed E-state index contributed by atoms with van der Waals surface area (Å²) in [6, 6.07) is 12.3. The molecule has 1 aliphatic heterocycles. The number of hydrogen-bond donors (Lipinski definition) is 1. The monoisotopic (exact) mass is 372 g/mol. The third kappa shape index (κ3) is 3.19. The molecule has 1 unspecified atom stereocenters. The third-order valence-electron chi connectivity index (χ3n) is 5.32. The van der Waals surface area contributed by atoms with Crippen molar-refractivity contribution in [3.05, 3.63) is 47.7 Å². The van der Waals surface area contributed by atoms with Gasteiger partial charge in [0.1, 0.15) is 5.58 Å². The quantitative estimate of drug-likeness (QED) is 0.741. The molecule has 2 heterocycles. The van der Waals surface area contributed by atoms with E-state index in [-0.39, 0.29) is 18.3 Å². The Morgan fingerprint density at radius 1 is 1.23 bits per heavy atom. The summed E-state index contributed by atoms with van der Waals surface area (Å²) >= 11 is 0. The fourth-order valence-electron chi connectivity index (χ4n) is 4.00. The number of amides is 1. The fourth-order valence-corrected chi connectivity index (χ4v) is 4.00. The van der Waals surface area contributed by atoms with E-state index >= 15 is 0 Å². The molecule has 2 aromatic carbocycles. The first-order valence-electron chi connectivity index (χ1n) is 9.03. The molecular formula is C21H25ClN2O2. The van der Waals surface area contributed by atoms with Crippen LogP contribution in [0.4, 0.5) is 0 Å². The molecule has 1 aliphatic rings. The summed E-state index contributed by atoms with van der Waals surface area (Å²) in [5, 5.41) is 6.46. The Morgan fingerprint density at radius 2 is 2.04 bits per heavy atom. The van der Waals surface area contributed by atoms with Crippen LogP contribution in [0.25, 0.3) is 21.7 Å². The van der Waals surface area contributed by atoms with Crippen molar-refractivity contribution in [2.45, 2.75) is 19.8 Å². The number of aryl methyl sites for hydroxylation is 1. The van der Waals surface area contributed by atoms with Gasteiger partial charge in [0.05, 0.1) is 0 Å². The summed E-state index contributed by atoms with van der Waals surface area (Å²) in [5.41, 5.74) is 1.77. The first kappa shape index (κ1) is 18.7. The van der Waals surface area contributed by atoms with Crippen molar-refractivity contribution >= 4 is 40.1 Å². The molecule has 1 amide bonds. The van der Waals surface area contributed by atoms with Crippen LogP contribution in [0.1, 0.15) is 29.0 Å². The zero-order chi connectivity index (χ0) is 17.4. The molecule has 0 spiro atoms. The van der Waals surface area contributed by atoms with E-state index in [4.69, 9.17) is 4.42 Å². The normalized spacial score (nSPS) is 17.5. The van der Waals surface area contributed by atoms with Gasteiger partial charge in [0.15, 0.2) is 5.76 Å². The lowest BCUT2D eigenvalue weighted by Gasteiger charge is -2.32. The van der Waals surface area contributed by atoms with Crippen LogP contribution in [0.3, 0.4) is 0 Å². The van der Waals surface area contributed by atoms with E-state index < -0.39 is 0 Å². The minimum atomic E-state index is 0. The van der Waals surface area contributed by atoms with Crippen LogP contribution in [-0.2, 0) is 0 Å². The Hall–Kier alpha value is -2.04. The van der Waals surface area contributed by atoms with Gasteiger partial charge in [-0.05, 0) is 44.7 Å². The topological polar surface area (TPSA) is 45.5 Å². The summed E-state index contributed by atoms with van der Waals surface area (Å²) in [6.07, 6.45) is 2.23. The Morgan fingerprint density at radius 3 is 2.85 bits per heavy atom. The lowest BCUT2D eigenvalue weighted by molar-refractivity contribution is 0.0643. The maximum atomic E-state index is 13.1. The molecule has 0 saturated carbocycles. The van der Waals surface area contributed by atoms with Crippen molar-refractivity contribution in [2.75, 3.05) is 26.7 Å². The van der Waals surface area contributed by atoms with Crippen LogP contribution >= 0.6 is 12.4 Å². The molecule has 1 N–H and O–H groups in total. The van der Waals surface area contributed by atoms with Crippen LogP contribution in [0.2, 0.25) is 0 Å². The van der Waals surface area contributed by atoms with Crippen molar-refractivity contribution in [1.82, 2.24) is 10.2 Å². The van der Waals surface area contributed by atoms with Gasteiger partial charge in [-0.2, -0.15) is 0 Å². The van der Waals surface area contributed by atoms with Gasteiger partial charge in [-0.1, -0.05) is 36.4 Å². The Balaban J connectivity index is 0.00000196. The zero-order valence-corrected chi connectivity index (χ0v) is 16.1. The smallest absolute Gasteiger partial charge is 0.289 e. The van der Waals surface area contributed by atoms with E-state index in [1.807, 2.05) is 31.0 Å². The number of carbonyl (C=O) groups excluding carboxylic acids is 1. The number of nitrogens with one attached hydrogen (secondary N) is 1. The minimum Gasteiger partial charge on any atom is -0.450 e. The molecule has 1 aromatic heterocycles. The molecule has 4 rings (SSSR count). The van der Waals surface area contributed by atoms with Gasteiger partial charge in [0, 0.05) is 29.4 Å². The fraction of sp³-hybridized carbons (Fsp3) is 0.381. The number of halogens is 1. The predicted octanol–water partition coefficient (Wildman–Crippen LogP) is 4.39. The SMILES string of the molecule is CNCC1CCCN(C(=O)c2oc3c(ccc4ccccc43)c2C)C1.Cl. The second kappa shape index (κ2) is 7.68. The van der Waals surface area contributed by atoms with Crippen molar-refractivity contribution in [3.8, 4) is 0 Å². The van der Waals surface area contributed by atoms with Gasteiger partial charge in [-0.3, -0.25) is 4.79 Å². The van der Waals surface area contributed by atoms with Crippen molar-refractivity contribution in [2.24, 2.45) is 5.92 Å². The molecule has 0 bridgehead atoms. The average Bonchev–Trinajstić information content (AvgIpc) is 2.99. The average molecular weight is 373 g/mol. The molecule has 4 nitrogen and oxygen atoms in total. The number of rotatable bonds is 3. The number of hydrogen-bond acceptors (Lipinski definition) is 3. The number of carbonyl (C=O) groups is 1. The van der Waals surface area contributed by atoms with Crippen molar-refractivity contribution in [3.63, 3.8) is 0 Å². The van der Waals surface area contributed by atoms with Crippen LogP contribution < -0.4 is 5.32 Å². The number of fused-ring (bicyclic) bond motifs is 3. The highest BCUT2D eigenvalue weighted by Crippen LogP contribution is 2.32. The lowest BCUT2D eigenvalue weighted by Crippen LogP contribution is -2.42. The number of benzene rings is 2. The summed E-state index contributed by atoms with van der Waals surface area (Å²) in [7, 11) is 1.97. The van der Waals surface area contributed by atoms with Gasteiger partial charge >= 0.3 is 0 Å². The van der Waals surface area contributed by atoms with Crippen LogP contribution in [0.15, 0.2) is 40.8 Å². The first-order chi connectivity index (χ1) is 12.2. The zero-order valence-electron chi connectivity index (χ0n) is 15.2.